The highest BCUT2D eigenvalue weighted by atomic mass is 32.2. The van der Waals surface area contributed by atoms with E-state index < -0.39 is 16.6 Å². The first kappa shape index (κ1) is 27.4. The zero-order valence-corrected chi connectivity index (χ0v) is 21.9. The third-order valence-electron chi connectivity index (χ3n) is 6.18. The quantitative estimate of drug-likeness (QED) is 0.377. The second kappa shape index (κ2) is 11.0. The SMILES string of the molecule is CCOC(=O)C1CCN(S(=O)(=O)NCc2cc(C)c(OC(F)(F)F)cc2-c2cc3ccccc3s2)CC1. The molecular formula is C25H27F3N2O5S2. The topological polar surface area (TPSA) is 84.9 Å². The highest BCUT2D eigenvalue weighted by molar-refractivity contribution is 7.87. The predicted octanol–water partition coefficient (Wildman–Crippen LogP) is 5.38. The van der Waals surface area contributed by atoms with Crippen LogP contribution < -0.4 is 9.46 Å². The molecule has 2 aromatic carbocycles. The van der Waals surface area contributed by atoms with Gasteiger partial charge in [-0.25, -0.2) is 0 Å². The Bertz CT molecular complexity index is 1350. The average molecular weight is 557 g/mol. The van der Waals surface area contributed by atoms with Crippen molar-refractivity contribution in [2.75, 3.05) is 19.7 Å². The van der Waals surface area contributed by atoms with E-state index in [2.05, 4.69) is 9.46 Å². The molecule has 4 rings (SSSR count). The van der Waals surface area contributed by atoms with Gasteiger partial charge in [0.1, 0.15) is 5.75 Å². The molecule has 0 aliphatic carbocycles. The molecule has 12 heteroatoms. The fourth-order valence-electron chi connectivity index (χ4n) is 4.32. The summed E-state index contributed by atoms with van der Waals surface area (Å²) in [7, 11) is -3.89. The molecule has 0 spiro atoms. The number of aryl methyl sites for hydroxylation is 1. The van der Waals surface area contributed by atoms with Crippen LogP contribution in [0, 0.1) is 12.8 Å². The summed E-state index contributed by atoms with van der Waals surface area (Å²) in [5.41, 5.74) is 1.20. The first-order valence-electron chi connectivity index (χ1n) is 11.8. The van der Waals surface area contributed by atoms with Gasteiger partial charge in [-0.3, -0.25) is 4.79 Å². The van der Waals surface area contributed by atoms with Crippen molar-refractivity contribution in [3.63, 3.8) is 0 Å². The molecule has 1 N–H and O–H groups in total. The van der Waals surface area contributed by atoms with Crippen LogP contribution in [0.1, 0.15) is 30.9 Å². The minimum absolute atomic E-state index is 0.128. The molecule has 1 saturated heterocycles. The molecule has 200 valence electrons. The summed E-state index contributed by atoms with van der Waals surface area (Å²) in [6.45, 7) is 3.68. The number of halogens is 3. The molecule has 0 amide bonds. The van der Waals surface area contributed by atoms with E-state index in [0.29, 0.717) is 28.8 Å². The van der Waals surface area contributed by atoms with Gasteiger partial charge in [0.15, 0.2) is 0 Å². The van der Waals surface area contributed by atoms with Crippen molar-refractivity contribution in [1.29, 1.82) is 0 Å². The van der Waals surface area contributed by atoms with Crippen LogP contribution in [0.2, 0.25) is 0 Å². The molecule has 1 aliphatic heterocycles. The zero-order valence-electron chi connectivity index (χ0n) is 20.3. The summed E-state index contributed by atoms with van der Waals surface area (Å²) >= 11 is 1.40. The Morgan fingerprint density at radius 3 is 2.51 bits per heavy atom. The Morgan fingerprint density at radius 2 is 1.86 bits per heavy atom. The number of rotatable bonds is 8. The van der Waals surface area contributed by atoms with Gasteiger partial charge >= 0.3 is 12.3 Å². The highest BCUT2D eigenvalue weighted by Gasteiger charge is 2.33. The monoisotopic (exact) mass is 556 g/mol. The van der Waals surface area contributed by atoms with Crippen LogP contribution in [-0.4, -0.2) is 44.8 Å². The average Bonchev–Trinajstić information content (AvgIpc) is 3.28. The van der Waals surface area contributed by atoms with Crippen LogP contribution in [0.3, 0.4) is 0 Å². The number of fused-ring (bicyclic) bond motifs is 1. The molecule has 1 aromatic heterocycles. The fraction of sp³-hybridized carbons (Fsp3) is 0.400. The van der Waals surface area contributed by atoms with Gasteiger partial charge in [-0.2, -0.15) is 17.4 Å². The number of nitrogens with one attached hydrogen (secondary N) is 1. The summed E-state index contributed by atoms with van der Waals surface area (Å²) in [5.74, 6) is -1.00. The Hall–Kier alpha value is -2.67. The van der Waals surface area contributed by atoms with Crippen molar-refractivity contribution in [2.45, 2.75) is 39.6 Å². The van der Waals surface area contributed by atoms with Crippen LogP contribution in [0.4, 0.5) is 13.2 Å². The minimum Gasteiger partial charge on any atom is -0.466 e. The summed E-state index contributed by atoms with van der Waals surface area (Å²) < 4.78 is 79.1. The van der Waals surface area contributed by atoms with Crippen molar-refractivity contribution < 1.29 is 35.9 Å². The standard InChI is InChI=1S/C25H27F3N2O5S2/c1-3-34-24(31)17-8-10-30(11-9-17)37(32,33)29-15-19-12-16(2)21(35-25(26,27)28)14-20(19)23-13-18-6-4-5-7-22(18)36-23/h4-7,12-14,17,29H,3,8-11,15H2,1-2H3. The van der Waals surface area contributed by atoms with Crippen LogP contribution in [0.5, 0.6) is 5.75 Å². The van der Waals surface area contributed by atoms with Gasteiger partial charge in [0.25, 0.3) is 10.2 Å². The number of carbonyl (C=O) groups is 1. The fourth-order valence-corrected chi connectivity index (χ4v) is 6.65. The number of hydrogen-bond donors (Lipinski definition) is 1. The number of piperidine rings is 1. The van der Waals surface area contributed by atoms with Crippen LogP contribution in [0.25, 0.3) is 20.5 Å². The Kier molecular flexibility index (Phi) is 8.12. The Labute approximate surface area is 217 Å². The van der Waals surface area contributed by atoms with E-state index in [4.69, 9.17) is 4.74 Å². The number of thiophene rings is 1. The summed E-state index contributed by atoms with van der Waals surface area (Å²) in [4.78, 5) is 12.7. The molecule has 0 bridgehead atoms. The number of ether oxygens (including phenoxy) is 2. The van der Waals surface area contributed by atoms with Crippen LogP contribution in [0.15, 0.2) is 42.5 Å². The lowest BCUT2D eigenvalue weighted by Crippen LogP contribution is -2.45. The molecule has 0 unspecified atom stereocenters. The van der Waals surface area contributed by atoms with Crippen molar-refractivity contribution >= 4 is 37.6 Å². The molecule has 7 nitrogen and oxygen atoms in total. The number of nitrogens with zero attached hydrogens (tertiary/aromatic N) is 1. The lowest BCUT2D eigenvalue weighted by Gasteiger charge is -2.30. The zero-order chi connectivity index (χ0) is 26.8. The third-order valence-corrected chi connectivity index (χ3v) is 8.88. The molecule has 3 aromatic rings. The van der Waals surface area contributed by atoms with E-state index in [1.807, 2.05) is 30.3 Å². The van der Waals surface area contributed by atoms with Crippen molar-refractivity contribution in [1.82, 2.24) is 9.03 Å². The summed E-state index contributed by atoms with van der Waals surface area (Å²) in [6, 6.07) is 12.2. The maximum absolute atomic E-state index is 13.0. The van der Waals surface area contributed by atoms with Gasteiger partial charge in [-0.15, -0.1) is 24.5 Å². The molecule has 0 atom stereocenters. The van der Waals surface area contributed by atoms with Crippen LogP contribution in [-0.2, 0) is 26.3 Å². The largest absolute Gasteiger partial charge is 0.573 e. The lowest BCUT2D eigenvalue weighted by atomic mass is 9.98. The third kappa shape index (κ3) is 6.61. The maximum Gasteiger partial charge on any atom is 0.573 e. The van der Waals surface area contributed by atoms with Gasteiger partial charge < -0.3 is 9.47 Å². The molecule has 2 heterocycles. The first-order chi connectivity index (χ1) is 17.5. The van der Waals surface area contributed by atoms with E-state index in [0.717, 1.165) is 10.1 Å². The molecule has 1 fully saturated rings. The van der Waals surface area contributed by atoms with Gasteiger partial charge in [-0.1, -0.05) is 24.3 Å². The molecule has 0 radical (unpaired) electrons. The van der Waals surface area contributed by atoms with E-state index >= 15 is 0 Å². The molecule has 1 aliphatic rings. The highest BCUT2D eigenvalue weighted by Crippen LogP contribution is 2.39. The minimum atomic E-state index is -4.86. The predicted molar refractivity (Wildman–Crippen MR) is 135 cm³/mol. The number of carbonyl (C=O) groups excluding carboxylic acids is 1. The summed E-state index contributed by atoms with van der Waals surface area (Å²) in [5, 5.41) is 0.928. The lowest BCUT2D eigenvalue weighted by molar-refractivity contribution is -0.274. The number of benzene rings is 2. The van der Waals surface area contributed by atoms with Crippen molar-refractivity contribution in [3.05, 3.63) is 53.6 Å². The van der Waals surface area contributed by atoms with E-state index in [1.54, 1.807) is 6.92 Å². The maximum atomic E-state index is 13.0. The molecule has 37 heavy (non-hydrogen) atoms. The van der Waals surface area contributed by atoms with Gasteiger partial charge in [-0.05, 0) is 67.0 Å². The molecular weight excluding hydrogens is 529 g/mol. The normalized spacial score (nSPS) is 15.7. The first-order valence-corrected chi connectivity index (χ1v) is 14.0. The van der Waals surface area contributed by atoms with E-state index in [9.17, 15) is 26.4 Å². The van der Waals surface area contributed by atoms with Gasteiger partial charge in [0.05, 0.1) is 12.5 Å². The van der Waals surface area contributed by atoms with E-state index in [1.165, 1.54) is 34.7 Å². The summed E-state index contributed by atoms with van der Waals surface area (Å²) in [6.07, 6.45) is -4.15. The van der Waals surface area contributed by atoms with Crippen molar-refractivity contribution in [2.24, 2.45) is 5.92 Å². The van der Waals surface area contributed by atoms with Gasteiger partial charge in [0.2, 0.25) is 0 Å². The smallest absolute Gasteiger partial charge is 0.466 e. The van der Waals surface area contributed by atoms with Gasteiger partial charge in [0, 0.05) is 29.2 Å². The Morgan fingerprint density at radius 1 is 1.16 bits per heavy atom. The molecule has 0 saturated carbocycles. The van der Waals surface area contributed by atoms with Crippen LogP contribution >= 0.6 is 11.3 Å². The van der Waals surface area contributed by atoms with Crippen molar-refractivity contribution in [3.8, 4) is 16.2 Å². The number of alkyl halides is 3. The Balaban J connectivity index is 1.58. The number of esters is 1. The second-order valence-electron chi connectivity index (χ2n) is 8.72. The second-order valence-corrected chi connectivity index (χ2v) is 11.6. The number of hydrogen-bond acceptors (Lipinski definition) is 6. The van der Waals surface area contributed by atoms with E-state index in [-0.39, 0.29) is 49.4 Å².